The topological polar surface area (TPSA) is 89.1 Å². The molecule has 0 bridgehead atoms. The van der Waals surface area contributed by atoms with E-state index in [1.54, 1.807) is 18.2 Å². The van der Waals surface area contributed by atoms with Gasteiger partial charge in [0.15, 0.2) is 5.96 Å². The monoisotopic (exact) mass is 531 g/mol. The van der Waals surface area contributed by atoms with Crippen molar-refractivity contribution in [3.05, 3.63) is 53.1 Å². The number of hydrogen-bond acceptors (Lipinski definition) is 4. The van der Waals surface area contributed by atoms with Crippen LogP contribution in [0.4, 0.5) is 18.9 Å². The number of halogens is 5. The van der Waals surface area contributed by atoms with Crippen molar-refractivity contribution in [3.8, 4) is 11.5 Å². The van der Waals surface area contributed by atoms with Crippen molar-refractivity contribution in [1.82, 2.24) is 0 Å². The van der Waals surface area contributed by atoms with Gasteiger partial charge >= 0.3 is 6.36 Å². The van der Waals surface area contributed by atoms with Crippen LogP contribution in [0.2, 0.25) is 5.02 Å². The van der Waals surface area contributed by atoms with Gasteiger partial charge in [0, 0.05) is 5.69 Å². The van der Waals surface area contributed by atoms with E-state index < -0.39 is 12.5 Å². The van der Waals surface area contributed by atoms with Crippen LogP contribution in [0.15, 0.2) is 47.5 Å². The Kier molecular flexibility index (Phi) is 9.11. The van der Waals surface area contributed by atoms with Gasteiger partial charge in [-0.15, -0.1) is 37.1 Å². The molecule has 2 aromatic rings. The number of anilines is 1. The first-order valence-electron chi connectivity index (χ1n) is 7.62. The van der Waals surface area contributed by atoms with E-state index in [9.17, 15) is 18.3 Å². The quantitative estimate of drug-likeness (QED) is 0.293. The van der Waals surface area contributed by atoms with Crippen LogP contribution in [0.25, 0.3) is 0 Å². The highest BCUT2D eigenvalue weighted by molar-refractivity contribution is 14.0. The molecule has 0 radical (unpaired) electrons. The van der Waals surface area contributed by atoms with Crippen LogP contribution in [-0.2, 0) is 0 Å². The molecule has 0 aliphatic rings. The van der Waals surface area contributed by atoms with Crippen molar-refractivity contribution in [1.29, 1.82) is 0 Å². The van der Waals surface area contributed by atoms with Gasteiger partial charge in [0.2, 0.25) is 0 Å². The van der Waals surface area contributed by atoms with Gasteiger partial charge in [-0.25, -0.2) is 0 Å². The van der Waals surface area contributed by atoms with Crippen LogP contribution in [0, 0.1) is 0 Å². The highest BCUT2D eigenvalue weighted by Gasteiger charge is 2.31. The summed E-state index contributed by atoms with van der Waals surface area (Å²) in [7, 11) is 1.49. The number of ether oxygens (including phenoxy) is 2. The maximum Gasteiger partial charge on any atom is 0.573 e. The zero-order valence-electron chi connectivity index (χ0n) is 14.5. The first-order chi connectivity index (χ1) is 12.7. The van der Waals surface area contributed by atoms with Crippen molar-refractivity contribution in [3.63, 3.8) is 0 Å². The number of aliphatic hydroxyl groups excluding tert-OH is 1. The Hall–Kier alpha value is -1.92. The third kappa shape index (κ3) is 7.60. The van der Waals surface area contributed by atoms with Crippen LogP contribution < -0.4 is 20.5 Å². The van der Waals surface area contributed by atoms with Crippen molar-refractivity contribution in [2.75, 3.05) is 19.0 Å². The van der Waals surface area contributed by atoms with Gasteiger partial charge in [-0.2, -0.15) is 0 Å². The van der Waals surface area contributed by atoms with E-state index in [0.29, 0.717) is 22.0 Å². The van der Waals surface area contributed by atoms with Crippen LogP contribution in [0.3, 0.4) is 0 Å². The summed E-state index contributed by atoms with van der Waals surface area (Å²) < 4.78 is 45.2. The number of aliphatic imine (C=N–C) groups is 1. The predicted octanol–water partition coefficient (Wildman–Crippen LogP) is 4.33. The molecule has 1 atom stereocenters. The Morgan fingerprint density at radius 2 is 1.89 bits per heavy atom. The van der Waals surface area contributed by atoms with E-state index >= 15 is 0 Å². The molecular weight excluding hydrogens is 514 g/mol. The predicted molar refractivity (Wildman–Crippen MR) is 112 cm³/mol. The fourth-order valence-electron chi connectivity index (χ4n) is 2.11. The minimum absolute atomic E-state index is 0. The molecular formula is C17H18ClF3IN3O3. The lowest BCUT2D eigenvalue weighted by molar-refractivity contribution is -0.274. The zero-order chi connectivity index (χ0) is 20.0. The number of hydrogen-bond donors (Lipinski definition) is 3. The number of nitrogens with two attached hydrogens (primary N) is 1. The van der Waals surface area contributed by atoms with Crippen LogP contribution in [-0.4, -0.2) is 31.1 Å². The van der Waals surface area contributed by atoms with Crippen LogP contribution in [0.1, 0.15) is 11.7 Å². The zero-order valence-corrected chi connectivity index (χ0v) is 17.6. The summed E-state index contributed by atoms with van der Waals surface area (Å²) in [4.78, 5) is 4.00. The number of alkyl halides is 3. The Labute approximate surface area is 181 Å². The molecule has 0 fully saturated rings. The molecule has 1 unspecified atom stereocenters. The lowest BCUT2D eigenvalue weighted by Crippen LogP contribution is -2.23. The van der Waals surface area contributed by atoms with Gasteiger partial charge in [-0.05, 0) is 35.9 Å². The number of nitrogens with zero attached hydrogens (tertiary/aromatic N) is 1. The minimum Gasteiger partial charge on any atom is -0.495 e. The molecule has 0 aliphatic carbocycles. The molecule has 0 saturated heterocycles. The van der Waals surface area contributed by atoms with Gasteiger partial charge in [0.1, 0.15) is 11.5 Å². The standard InChI is InChI=1S/C17H17ClF3N3O3.HI/c1-26-15-7-4-11(8-13(15)18)24-16(22)23-9-14(25)10-2-5-12(6-3-10)27-17(19,20)21;/h2-8,14,25H,9H2,1H3,(H3,22,23,24);1H. The average molecular weight is 532 g/mol. The number of benzene rings is 2. The van der Waals surface area contributed by atoms with Gasteiger partial charge in [-0.3, -0.25) is 4.99 Å². The molecule has 0 heterocycles. The molecule has 6 nitrogen and oxygen atoms in total. The molecule has 28 heavy (non-hydrogen) atoms. The van der Waals surface area contributed by atoms with Gasteiger partial charge in [0.05, 0.1) is 24.8 Å². The fourth-order valence-corrected chi connectivity index (χ4v) is 2.37. The molecule has 0 aromatic heterocycles. The van der Waals surface area contributed by atoms with E-state index in [1.807, 2.05) is 0 Å². The number of rotatable bonds is 6. The first-order valence-corrected chi connectivity index (χ1v) is 8.00. The number of methoxy groups -OCH3 is 1. The van der Waals surface area contributed by atoms with Crippen molar-refractivity contribution >= 4 is 47.2 Å². The van der Waals surface area contributed by atoms with Gasteiger partial charge < -0.3 is 25.6 Å². The van der Waals surface area contributed by atoms with E-state index in [2.05, 4.69) is 15.0 Å². The van der Waals surface area contributed by atoms with Crippen molar-refractivity contribution < 1.29 is 27.8 Å². The maximum atomic E-state index is 12.1. The highest BCUT2D eigenvalue weighted by Crippen LogP contribution is 2.27. The molecule has 0 spiro atoms. The second-order valence-corrected chi connectivity index (χ2v) is 5.74. The van der Waals surface area contributed by atoms with Crippen LogP contribution in [0.5, 0.6) is 11.5 Å². The summed E-state index contributed by atoms with van der Waals surface area (Å²) >= 11 is 6.01. The van der Waals surface area contributed by atoms with E-state index in [4.69, 9.17) is 22.1 Å². The third-order valence-corrected chi connectivity index (χ3v) is 3.65. The minimum atomic E-state index is -4.77. The van der Waals surface area contributed by atoms with Crippen molar-refractivity contribution in [2.45, 2.75) is 12.5 Å². The molecule has 154 valence electrons. The lowest BCUT2D eigenvalue weighted by Gasteiger charge is -2.12. The molecule has 0 saturated carbocycles. The Balaban J connectivity index is 0.00000392. The second-order valence-electron chi connectivity index (χ2n) is 5.33. The molecule has 11 heteroatoms. The summed E-state index contributed by atoms with van der Waals surface area (Å²) in [6.45, 7) is -0.0950. The number of nitrogens with one attached hydrogen (secondary N) is 1. The largest absolute Gasteiger partial charge is 0.573 e. The highest BCUT2D eigenvalue weighted by atomic mass is 127. The van der Waals surface area contributed by atoms with Gasteiger partial charge in [0.25, 0.3) is 0 Å². The Morgan fingerprint density at radius 3 is 2.43 bits per heavy atom. The molecule has 2 rings (SSSR count). The van der Waals surface area contributed by atoms with Gasteiger partial charge in [-0.1, -0.05) is 23.7 Å². The second kappa shape index (κ2) is 10.6. The summed E-state index contributed by atoms with van der Waals surface area (Å²) in [5, 5.41) is 13.3. The Morgan fingerprint density at radius 1 is 1.25 bits per heavy atom. The third-order valence-electron chi connectivity index (χ3n) is 3.36. The summed E-state index contributed by atoms with van der Waals surface area (Å²) in [5.41, 5.74) is 6.70. The normalized spacial score (nSPS) is 12.7. The smallest absolute Gasteiger partial charge is 0.495 e. The van der Waals surface area contributed by atoms with Crippen LogP contribution >= 0.6 is 35.6 Å². The summed E-state index contributed by atoms with van der Waals surface area (Å²) in [5.74, 6) is 0.165. The van der Waals surface area contributed by atoms with Crippen molar-refractivity contribution in [2.24, 2.45) is 10.7 Å². The molecule has 4 N–H and O–H groups in total. The summed E-state index contributed by atoms with van der Waals surface area (Å²) in [6.07, 6.45) is -5.82. The SMILES string of the molecule is COc1ccc(NC(N)=NCC(O)c2ccc(OC(F)(F)F)cc2)cc1Cl.I. The van der Waals surface area contributed by atoms with E-state index in [-0.39, 0.29) is 42.2 Å². The maximum absolute atomic E-state index is 12.1. The summed E-state index contributed by atoms with van der Waals surface area (Å²) in [6, 6.07) is 9.77. The molecule has 0 aliphatic heterocycles. The van der Waals surface area contributed by atoms with E-state index in [0.717, 1.165) is 12.1 Å². The van der Waals surface area contributed by atoms with E-state index in [1.165, 1.54) is 19.2 Å². The molecule has 2 aromatic carbocycles. The lowest BCUT2D eigenvalue weighted by atomic mass is 10.1. The fraction of sp³-hybridized carbons (Fsp3) is 0.235. The average Bonchev–Trinajstić information content (AvgIpc) is 2.59. The Bertz CT molecular complexity index is 804. The molecule has 0 amide bonds. The number of aliphatic hydroxyl groups is 1. The number of guanidine groups is 1. The first kappa shape index (κ1) is 24.1.